The summed E-state index contributed by atoms with van der Waals surface area (Å²) >= 11 is 0. The first kappa shape index (κ1) is 19.7. The smallest absolute Gasteiger partial charge is 0.226 e. The predicted molar refractivity (Wildman–Crippen MR) is 122 cm³/mol. The van der Waals surface area contributed by atoms with Crippen molar-refractivity contribution in [3.05, 3.63) is 113 Å². The Morgan fingerprint density at radius 1 is 0.867 bits per heavy atom. The van der Waals surface area contributed by atoms with Gasteiger partial charge in [0.15, 0.2) is 0 Å². The van der Waals surface area contributed by atoms with Crippen molar-refractivity contribution in [3.8, 4) is 23.3 Å². The van der Waals surface area contributed by atoms with E-state index in [9.17, 15) is 0 Å². The van der Waals surface area contributed by atoms with E-state index in [1.54, 1.807) is 0 Å². The summed E-state index contributed by atoms with van der Waals surface area (Å²) in [5.74, 6) is 8.47. The number of rotatable bonds is 5. The first-order valence-corrected chi connectivity index (χ1v) is 10.3. The van der Waals surface area contributed by atoms with Crippen LogP contribution in [-0.4, -0.2) is 4.98 Å². The number of hydrogen-bond donors (Lipinski definition) is 0. The van der Waals surface area contributed by atoms with E-state index >= 15 is 0 Å². The van der Waals surface area contributed by atoms with Crippen molar-refractivity contribution < 1.29 is 4.42 Å². The topological polar surface area (TPSA) is 26.0 Å². The summed E-state index contributed by atoms with van der Waals surface area (Å²) < 4.78 is 5.81. The Labute approximate surface area is 178 Å². The summed E-state index contributed by atoms with van der Waals surface area (Å²) in [4.78, 5) is 4.62. The second kappa shape index (κ2) is 9.29. The van der Waals surface area contributed by atoms with Gasteiger partial charge in [-0.2, -0.15) is 0 Å². The van der Waals surface area contributed by atoms with Gasteiger partial charge in [-0.3, -0.25) is 0 Å². The van der Waals surface area contributed by atoms with Gasteiger partial charge in [0.2, 0.25) is 5.89 Å². The maximum Gasteiger partial charge on any atom is 0.226 e. The fourth-order valence-corrected chi connectivity index (χ4v) is 3.50. The minimum atomic E-state index is 0.497. The van der Waals surface area contributed by atoms with Crippen LogP contribution in [0.2, 0.25) is 0 Å². The molecule has 0 N–H and O–H groups in total. The summed E-state index contributed by atoms with van der Waals surface area (Å²) in [6.07, 6.45) is 1.60. The molecular formula is C28H25NO. The molecule has 2 nitrogen and oxygen atoms in total. The van der Waals surface area contributed by atoms with E-state index in [1.165, 1.54) is 11.1 Å². The first-order chi connectivity index (χ1) is 14.7. The summed E-state index contributed by atoms with van der Waals surface area (Å²) in [5, 5.41) is 0. The zero-order valence-electron chi connectivity index (χ0n) is 17.4. The molecular weight excluding hydrogens is 366 g/mol. The second-order valence-electron chi connectivity index (χ2n) is 7.58. The average molecular weight is 392 g/mol. The quantitative estimate of drug-likeness (QED) is 0.359. The summed E-state index contributed by atoms with van der Waals surface area (Å²) in [6, 6.07) is 29.2. The van der Waals surface area contributed by atoms with Crippen molar-refractivity contribution in [3.63, 3.8) is 0 Å². The molecule has 0 spiro atoms. The van der Waals surface area contributed by atoms with Crippen molar-refractivity contribution in [2.75, 3.05) is 0 Å². The number of oxazole rings is 1. The molecule has 0 amide bonds. The molecule has 3 aromatic carbocycles. The molecule has 1 unspecified atom stereocenters. The molecule has 0 aliphatic heterocycles. The number of benzene rings is 3. The summed E-state index contributed by atoms with van der Waals surface area (Å²) in [6.45, 7) is 4.21. The molecule has 0 bridgehead atoms. The van der Waals surface area contributed by atoms with E-state index in [0.29, 0.717) is 18.2 Å². The lowest BCUT2D eigenvalue weighted by Crippen LogP contribution is -1.98. The molecule has 0 aliphatic rings. The van der Waals surface area contributed by atoms with E-state index in [4.69, 9.17) is 4.42 Å². The van der Waals surface area contributed by atoms with Crippen LogP contribution in [0.1, 0.15) is 41.0 Å². The van der Waals surface area contributed by atoms with Crippen molar-refractivity contribution in [2.45, 2.75) is 32.6 Å². The van der Waals surface area contributed by atoms with Gasteiger partial charge in [0, 0.05) is 11.1 Å². The third-order valence-corrected chi connectivity index (χ3v) is 5.27. The minimum absolute atomic E-state index is 0.497. The summed E-state index contributed by atoms with van der Waals surface area (Å²) in [5.41, 5.74) is 5.61. The predicted octanol–water partition coefficient (Wildman–Crippen LogP) is 6.59. The Morgan fingerprint density at radius 2 is 1.53 bits per heavy atom. The molecule has 4 rings (SSSR count). The maximum absolute atomic E-state index is 5.81. The molecule has 0 saturated carbocycles. The van der Waals surface area contributed by atoms with E-state index in [1.807, 2.05) is 37.3 Å². The highest BCUT2D eigenvalue weighted by atomic mass is 16.4. The largest absolute Gasteiger partial charge is 0.441 e. The van der Waals surface area contributed by atoms with Gasteiger partial charge in [0.05, 0.1) is 12.1 Å². The van der Waals surface area contributed by atoms with Crippen molar-refractivity contribution in [1.29, 1.82) is 0 Å². The second-order valence-corrected chi connectivity index (χ2v) is 7.58. The minimum Gasteiger partial charge on any atom is -0.441 e. The Kier molecular flexibility index (Phi) is 6.11. The van der Waals surface area contributed by atoms with Crippen LogP contribution in [0.3, 0.4) is 0 Å². The molecule has 0 saturated heterocycles. The number of hydrogen-bond acceptors (Lipinski definition) is 2. The molecule has 2 heteroatoms. The van der Waals surface area contributed by atoms with Gasteiger partial charge in [-0.15, -0.1) is 0 Å². The standard InChI is InChI=1S/C28H25NO/c1-21(25-11-5-3-6-12-25)20-24-18-16-23(17-19-24)10-9-15-27-22(2)30-28(29-27)26-13-7-4-8-14-26/h3-8,11-14,16-19,21H,15,20H2,1-2H3. The van der Waals surface area contributed by atoms with Crippen LogP contribution < -0.4 is 0 Å². The highest BCUT2D eigenvalue weighted by Crippen LogP contribution is 2.22. The van der Waals surface area contributed by atoms with Crippen LogP contribution in [-0.2, 0) is 12.8 Å². The molecule has 1 aromatic heterocycles. The number of aromatic nitrogens is 1. The van der Waals surface area contributed by atoms with Gasteiger partial charge in [-0.05, 0) is 54.7 Å². The Morgan fingerprint density at radius 3 is 2.23 bits per heavy atom. The van der Waals surface area contributed by atoms with Crippen LogP contribution in [0, 0.1) is 18.8 Å². The highest BCUT2D eigenvalue weighted by molar-refractivity contribution is 5.53. The maximum atomic E-state index is 5.81. The van der Waals surface area contributed by atoms with Crippen LogP contribution in [0.4, 0.5) is 0 Å². The van der Waals surface area contributed by atoms with Crippen molar-refractivity contribution in [1.82, 2.24) is 4.98 Å². The molecule has 1 heterocycles. The molecule has 148 valence electrons. The van der Waals surface area contributed by atoms with Gasteiger partial charge < -0.3 is 4.42 Å². The zero-order chi connectivity index (χ0) is 20.8. The van der Waals surface area contributed by atoms with E-state index < -0.39 is 0 Å². The SMILES string of the molecule is Cc1oc(-c2ccccc2)nc1CC#Cc1ccc(CC(C)c2ccccc2)cc1. The molecule has 0 fully saturated rings. The third kappa shape index (κ3) is 4.88. The van der Waals surface area contributed by atoms with Crippen LogP contribution in [0.15, 0.2) is 89.3 Å². The first-order valence-electron chi connectivity index (χ1n) is 10.3. The van der Waals surface area contributed by atoms with Crippen LogP contribution in [0.5, 0.6) is 0 Å². The molecule has 0 aliphatic carbocycles. The number of nitrogens with zero attached hydrogens (tertiary/aromatic N) is 1. The van der Waals surface area contributed by atoms with Crippen LogP contribution in [0.25, 0.3) is 11.5 Å². The van der Waals surface area contributed by atoms with E-state index in [2.05, 4.69) is 78.3 Å². The fourth-order valence-electron chi connectivity index (χ4n) is 3.50. The van der Waals surface area contributed by atoms with Gasteiger partial charge >= 0.3 is 0 Å². The normalized spacial score (nSPS) is 11.5. The Balaban J connectivity index is 1.39. The third-order valence-electron chi connectivity index (χ3n) is 5.27. The van der Waals surface area contributed by atoms with Gasteiger partial charge in [-0.25, -0.2) is 4.98 Å². The molecule has 30 heavy (non-hydrogen) atoms. The number of aryl methyl sites for hydroxylation is 1. The lowest BCUT2D eigenvalue weighted by atomic mass is 9.93. The Hall–Kier alpha value is -3.57. The molecule has 4 aromatic rings. The van der Waals surface area contributed by atoms with Gasteiger partial charge in [-0.1, -0.05) is 79.4 Å². The van der Waals surface area contributed by atoms with Gasteiger partial charge in [0.1, 0.15) is 5.76 Å². The monoisotopic (exact) mass is 391 g/mol. The van der Waals surface area contributed by atoms with Crippen LogP contribution >= 0.6 is 0 Å². The zero-order valence-corrected chi connectivity index (χ0v) is 17.4. The van der Waals surface area contributed by atoms with Gasteiger partial charge in [0.25, 0.3) is 0 Å². The molecule has 0 radical (unpaired) electrons. The average Bonchev–Trinajstić information content (AvgIpc) is 3.17. The highest BCUT2D eigenvalue weighted by Gasteiger charge is 2.10. The lowest BCUT2D eigenvalue weighted by Gasteiger charge is -2.11. The Bertz CT molecular complexity index is 1150. The van der Waals surface area contributed by atoms with E-state index in [-0.39, 0.29) is 0 Å². The summed E-state index contributed by atoms with van der Waals surface area (Å²) in [7, 11) is 0. The van der Waals surface area contributed by atoms with Crippen molar-refractivity contribution in [2.24, 2.45) is 0 Å². The fraction of sp³-hybridized carbons (Fsp3) is 0.179. The molecule has 1 atom stereocenters. The van der Waals surface area contributed by atoms with Crippen molar-refractivity contribution >= 4 is 0 Å². The lowest BCUT2D eigenvalue weighted by molar-refractivity contribution is 0.540. The van der Waals surface area contributed by atoms with E-state index in [0.717, 1.165) is 29.0 Å².